The summed E-state index contributed by atoms with van der Waals surface area (Å²) < 4.78 is 5.48. The molecule has 0 amide bonds. The van der Waals surface area contributed by atoms with Crippen molar-refractivity contribution in [1.82, 2.24) is 9.97 Å². The number of thioether (sulfide) groups is 1. The Labute approximate surface area is 162 Å². The maximum atomic E-state index is 12.6. The van der Waals surface area contributed by atoms with Crippen LogP contribution in [0.25, 0.3) is 11.1 Å². The molecular weight excluding hydrogens is 360 g/mol. The van der Waals surface area contributed by atoms with Gasteiger partial charge >= 0.3 is 5.63 Å². The van der Waals surface area contributed by atoms with Crippen molar-refractivity contribution in [2.45, 2.75) is 39.1 Å². The van der Waals surface area contributed by atoms with Crippen LogP contribution in [0.1, 0.15) is 28.1 Å². The second-order valence-corrected chi connectivity index (χ2v) is 7.74. The van der Waals surface area contributed by atoms with Crippen molar-refractivity contribution in [3.63, 3.8) is 0 Å². The summed E-state index contributed by atoms with van der Waals surface area (Å²) >= 11 is 1.53. The first-order valence-corrected chi connectivity index (χ1v) is 9.69. The summed E-state index contributed by atoms with van der Waals surface area (Å²) in [6.07, 6.45) is 3.95. The van der Waals surface area contributed by atoms with Crippen molar-refractivity contribution >= 4 is 11.8 Å². The summed E-state index contributed by atoms with van der Waals surface area (Å²) in [7, 11) is 0. The van der Waals surface area contributed by atoms with Crippen molar-refractivity contribution in [2.75, 3.05) is 5.75 Å². The van der Waals surface area contributed by atoms with Gasteiger partial charge in [-0.05, 0) is 44.4 Å². The molecule has 5 nitrogen and oxygen atoms in total. The van der Waals surface area contributed by atoms with E-state index in [4.69, 9.17) is 4.42 Å². The summed E-state index contributed by atoms with van der Waals surface area (Å²) in [5.74, 6) is 1.08. The lowest BCUT2D eigenvalue weighted by molar-refractivity contribution is 0.430. The highest BCUT2D eigenvalue weighted by molar-refractivity contribution is 7.99. The maximum absolute atomic E-state index is 12.6. The van der Waals surface area contributed by atoms with Gasteiger partial charge in [-0.3, -0.25) is 4.98 Å². The molecule has 3 aromatic rings. The average molecular weight is 382 g/mol. The average Bonchev–Trinajstić information content (AvgIpc) is 2.58. The van der Waals surface area contributed by atoms with E-state index in [2.05, 4.69) is 9.97 Å². The molecule has 1 aromatic carbocycles. The molecule has 0 saturated heterocycles. The van der Waals surface area contributed by atoms with Gasteiger partial charge in [0.15, 0.2) is 0 Å². The zero-order chi connectivity index (χ0) is 19.6. The number of rotatable bonds is 5. The molecule has 0 bridgehead atoms. The number of aromatic hydroxyl groups is 1. The van der Waals surface area contributed by atoms with E-state index < -0.39 is 5.63 Å². The van der Waals surface area contributed by atoms with Gasteiger partial charge in [-0.25, -0.2) is 9.78 Å². The minimum atomic E-state index is -0.514. The van der Waals surface area contributed by atoms with Gasteiger partial charge in [-0.15, -0.1) is 11.8 Å². The Morgan fingerprint density at radius 1 is 1.00 bits per heavy atom. The molecule has 0 atom stereocenters. The number of nitrogens with zero attached hydrogens (tertiary/aromatic N) is 2. The minimum absolute atomic E-state index is 0.0450. The summed E-state index contributed by atoms with van der Waals surface area (Å²) in [5.41, 5.74) is 4.32. The molecule has 0 saturated carbocycles. The fourth-order valence-electron chi connectivity index (χ4n) is 3.17. The monoisotopic (exact) mass is 382 g/mol. The lowest BCUT2D eigenvalue weighted by atomic mass is 9.94. The van der Waals surface area contributed by atoms with Crippen molar-refractivity contribution in [3.05, 3.63) is 69.2 Å². The van der Waals surface area contributed by atoms with Crippen LogP contribution in [0.5, 0.6) is 5.75 Å². The predicted molar refractivity (Wildman–Crippen MR) is 107 cm³/mol. The Balaban J connectivity index is 1.81. The number of benzene rings is 1. The van der Waals surface area contributed by atoms with E-state index in [9.17, 15) is 9.90 Å². The zero-order valence-corrected chi connectivity index (χ0v) is 16.7. The highest BCUT2D eigenvalue weighted by Gasteiger charge is 2.17. The second kappa shape index (κ2) is 7.96. The van der Waals surface area contributed by atoms with Gasteiger partial charge in [0.25, 0.3) is 0 Å². The van der Waals surface area contributed by atoms with Crippen molar-refractivity contribution in [2.24, 2.45) is 0 Å². The standard InChI is InChI=1S/C21H22N2O3S/c1-12-7-13(2)19(14(3)8-12)20-17(24)9-16(26-21(20)25)5-6-27-18-11-22-15(4)10-23-18/h7-11,24H,5-6H2,1-4H3. The largest absolute Gasteiger partial charge is 0.507 e. The van der Waals surface area contributed by atoms with E-state index in [-0.39, 0.29) is 11.3 Å². The SMILES string of the molecule is Cc1cc(C)c(-c2c(O)cc(CCSc3cnc(C)cn3)oc2=O)c(C)c1. The summed E-state index contributed by atoms with van der Waals surface area (Å²) in [4.78, 5) is 21.1. The third kappa shape index (κ3) is 4.39. The third-order valence-electron chi connectivity index (χ3n) is 4.26. The van der Waals surface area contributed by atoms with Crippen molar-refractivity contribution in [3.8, 4) is 16.9 Å². The van der Waals surface area contributed by atoms with Gasteiger partial charge in [0.1, 0.15) is 22.1 Å². The Kier molecular flexibility index (Phi) is 5.65. The molecule has 0 spiro atoms. The van der Waals surface area contributed by atoms with Gasteiger partial charge in [-0.1, -0.05) is 17.7 Å². The Bertz CT molecular complexity index is 1000. The van der Waals surface area contributed by atoms with Crippen LogP contribution >= 0.6 is 11.8 Å². The van der Waals surface area contributed by atoms with Gasteiger partial charge in [0.05, 0.1) is 11.9 Å². The first kappa shape index (κ1) is 19.2. The quantitative estimate of drug-likeness (QED) is 0.660. The lowest BCUT2D eigenvalue weighted by Crippen LogP contribution is -2.08. The fourth-order valence-corrected chi connectivity index (χ4v) is 3.93. The van der Waals surface area contributed by atoms with Crippen LogP contribution in [0.2, 0.25) is 0 Å². The van der Waals surface area contributed by atoms with E-state index in [0.29, 0.717) is 17.9 Å². The molecule has 0 radical (unpaired) electrons. The minimum Gasteiger partial charge on any atom is -0.507 e. The molecule has 6 heteroatoms. The molecule has 0 aliphatic heterocycles. The Morgan fingerprint density at radius 3 is 2.30 bits per heavy atom. The van der Waals surface area contributed by atoms with E-state index in [0.717, 1.165) is 33.0 Å². The lowest BCUT2D eigenvalue weighted by Gasteiger charge is -2.12. The number of hydrogen-bond acceptors (Lipinski definition) is 6. The second-order valence-electron chi connectivity index (χ2n) is 6.63. The summed E-state index contributed by atoms with van der Waals surface area (Å²) in [6, 6.07) is 5.53. The van der Waals surface area contributed by atoms with E-state index in [1.807, 2.05) is 39.8 Å². The molecule has 27 heavy (non-hydrogen) atoms. The molecule has 3 rings (SSSR count). The number of aryl methyl sites for hydroxylation is 5. The van der Waals surface area contributed by atoms with Crippen molar-refractivity contribution in [1.29, 1.82) is 0 Å². The predicted octanol–water partition coefficient (Wildman–Crippen LogP) is 4.37. The van der Waals surface area contributed by atoms with Gasteiger partial charge in [0, 0.05) is 24.4 Å². The zero-order valence-electron chi connectivity index (χ0n) is 15.9. The molecule has 2 heterocycles. The van der Waals surface area contributed by atoms with Crippen molar-refractivity contribution < 1.29 is 9.52 Å². The topological polar surface area (TPSA) is 76.2 Å². The van der Waals surface area contributed by atoms with Crippen LogP contribution < -0.4 is 5.63 Å². The highest BCUT2D eigenvalue weighted by atomic mass is 32.2. The molecule has 0 unspecified atom stereocenters. The Morgan fingerprint density at radius 2 is 1.70 bits per heavy atom. The molecule has 0 aliphatic carbocycles. The normalized spacial score (nSPS) is 11.0. The van der Waals surface area contributed by atoms with Crippen LogP contribution in [0, 0.1) is 27.7 Å². The smallest absolute Gasteiger partial charge is 0.347 e. The fraction of sp³-hybridized carbons (Fsp3) is 0.286. The number of hydrogen-bond donors (Lipinski definition) is 1. The van der Waals surface area contributed by atoms with Crippen LogP contribution in [0.4, 0.5) is 0 Å². The third-order valence-corrected chi connectivity index (χ3v) is 5.18. The first-order valence-electron chi connectivity index (χ1n) is 8.71. The van der Waals surface area contributed by atoms with Gasteiger partial charge in [0.2, 0.25) is 0 Å². The van der Waals surface area contributed by atoms with Gasteiger partial charge < -0.3 is 9.52 Å². The molecule has 2 aromatic heterocycles. The van der Waals surface area contributed by atoms with Crippen LogP contribution in [0.3, 0.4) is 0 Å². The maximum Gasteiger partial charge on any atom is 0.347 e. The summed E-state index contributed by atoms with van der Waals surface area (Å²) in [5, 5.41) is 11.3. The highest BCUT2D eigenvalue weighted by Crippen LogP contribution is 2.32. The molecule has 140 valence electrons. The van der Waals surface area contributed by atoms with Crippen LogP contribution in [-0.2, 0) is 6.42 Å². The van der Waals surface area contributed by atoms with Crippen LogP contribution in [0.15, 0.2) is 44.8 Å². The van der Waals surface area contributed by atoms with E-state index in [1.54, 1.807) is 12.4 Å². The molecular formula is C21H22N2O3S. The Hall–Kier alpha value is -2.60. The molecule has 0 fully saturated rings. The van der Waals surface area contributed by atoms with E-state index in [1.165, 1.54) is 17.8 Å². The van der Waals surface area contributed by atoms with E-state index >= 15 is 0 Å². The molecule has 0 aliphatic rings. The van der Waals surface area contributed by atoms with Gasteiger partial charge in [-0.2, -0.15) is 0 Å². The van der Waals surface area contributed by atoms with Crippen LogP contribution in [-0.4, -0.2) is 20.8 Å². The first-order chi connectivity index (χ1) is 12.8. The molecule has 1 N–H and O–H groups in total. The number of aromatic nitrogens is 2. The summed E-state index contributed by atoms with van der Waals surface area (Å²) in [6.45, 7) is 7.76.